The molecule has 0 saturated carbocycles. The van der Waals surface area contributed by atoms with Crippen LogP contribution in [-0.4, -0.2) is 38.1 Å². The summed E-state index contributed by atoms with van der Waals surface area (Å²) in [7, 11) is 0. The molecule has 1 aromatic carbocycles. The van der Waals surface area contributed by atoms with Gasteiger partial charge in [0.2, 0.25) is 0 Å². The van der Waals surface area contributed by atoms with Gasteiger partial charge >= 0.3 is 12.1 Å². The van der Waals surface area contributed by atoms with Crippen LogP contribution in [0, 0.1) is 5.41 Å². The maximum absolute atomic E-state index is 12.8. The third-order valence-corrected chi connectivity index (χ3v) is 5.19. The first-order valence-corrected chi connectivity index (χ1v) is 10.8. The van der Waals surface area contributed by atoms with E-state index < -0.39 is 17.8 Å². The number of alkyl halides is 3. The van der Waals surface area contributed by atoms with Gasteiger partial charge in [0, 0.05) is 18.3 Å². The largest absolute Gasteiger partial charge is 0.481 e. The van der Waals surface area contributed by atoms with Gasteiger partial charge in [0.15, 0.2) is 5.69 Å². The molecule has 3 aromatic rings. The van der Waals surface area contributed by atoms with Crippen LogP contribution in [0.25, 0.3) is 5.82 Å². The fraction of sp³-hybridized carbons (Fsp3) is 0.333. The quantitative estimate of drug-likeness (QED) is 0.424. The molecular weight excluding hydrogens is 463 g/mol. The Bertz CT molecular complexity index is 1170. The average Bonchev–Trinajstić information content (AvgIpc) is 3.28. The number of carbonyl (C=O) groups excluding carboxylic acids is 1. The van der Waals surface area contributed by atoms with Crippen LogP contribution in [0.15, 0.2) is 55.1 Å². The van der Waals surface area contributed by atoms with E-state index in [9.17, 15) is 22.8 Å². The van der Waals surface area contributed by atoms with Crippen molar-refractivity contribution >= 4 is 17.6 Å². The predicted octanol–water partition coefficient (Wildman–Crippen LogP) is 4.69. The zero-order chi connectivity index (χ0) is 25.8. The van der Waals surface area contributed by atoms with Crippen LogP contribution in [0.2, 0.25) is 0 Å². The van der Waals surface area contributed by atoms with Gasteiger partial charge in [0.25, 0.3) is 5.91 Å². The number of nitrogens with zero attached hydrogens (tertiary/aromatic N) is 3. The molecule has 3 N–H and O–H groups in total. The minimum atomic E-state index is -4.53. The highest BCUT2D eigenvalue weighted by Crippen LogP contribution is 2.36. The van der Waals surface area contributed by atoms with Crippen LogP contribution in [0.1, 0.15) is 54.8 Å². The maximum Gasteiger partial charge on any atom is 0.434 e. The Hall–Kier alpha value is -3.89. The molecule has 0 fully saturated rings. The number of aliphatic carboxylic acids is 1. The summed E-state index contributed by atoms with van der Waals surface area (Å²) in [6.45, 7) is 6.18. The third kappa shape index (κ3) is 6.81. The van der Waals surface area contributed by atoms with Gasteiger partial charge in [-0.15, -0.1) is 0 Å². The van der Waals surface area contributed by atoms with Gasteiger partial charge in [-0.05, 0) is 35.2 Å². The maximum atomic E-state index is 12.8. The number of carboxylic acid groups (broad SMARTS) is 1. The highest BCUT2D eigenvalue weighted by Gasteiger charge is 2.33. The molecule has 2 aromatic heterocycles. The highest BCUT2D eigenvalue weighted by molar-refractivity contribution is 5.94. The molecule has 0 unspecified atom stereocenters. The Morgan fingerprint density at radius 1 is 1.06 bits per heavy atom. The summed E-state index contributed by atoms with van der Waals surface area (Å²) in [5.41, 5.74) is 0.758. The summed E-state index contributed by atoms with van der Waals surface area (Å²) in [6.07, 6.45) is -1.20. The Morgan fingerprint density at radius 2 is 1.74 bits per heavy atom. The molecule has 0 aliphatic carbocycles. The number of amides is 1. The Kier molecular flexibility index (Phi) is 7.47. The second-order valence-electron chi connectivity index (χ2n) is 9.03. The molecule has 11 heteroatoms. The molecule has 186 valence electrons. The highest BCUT2D eigenvalue weighted by atomic mass is 19.4. The van der Waals surface area contributed by atoms with Crippen molar-refractivity contribution in [1.29, 1.82) is 0 Å². The van der Waals surface area contributed by atoms with E-state index in [1.54, 1.807) is 24.3 Å². The third-order valence-electron chi connectivity index (χ3n) is 5.19. The molecule has 0 radical (unpaired) electrons. The molecule has 1 atom stereocenters. The molecule has 0 aliphatic rings. The lowest BCUT2D eigenvalue weighted by molar-refractivity contribution is -0.141. The van der Waals surface area contributed by atoms with E-state index >= 15 is 0 Å². The van der Waals surface area contributed by atoms with Crippen molar-refractivity contribution in [3.05, 3.63) is 71.9 Å². The van der Waals surface area contributed by atoms with Crippen molar-refractivity contribution in [3.8, 4) is 5.82 Å². The molecule has 0 saturated heterocycles. The van der Waals surface area contributed by atoms with Crippen molar-refractivity contribution < 1.29 is 27.9 Å². The van der Waals surface area contributed by atoms with Crippen LogP contribution in [0.4, 0.5) is 18.9 Å². The van der Waals surface area contributed by atoms with Crippen molar-refractivity contribution in [2.45, 2.75) is 39.4 Å². The number of halogens is 3. The smallest absolute Gasteiger partial charge is 0.434 e. The van der Waals surface area contributed by atoms with E-state index in [1.807, 2.05) is 32.9 Å². The van der Waals surface area contributed by atoms with E-state index in [1.165, 1.54) is 10.8 Å². The number of hydrogen-bond donors (Lipinski definition) is 3. The van der Waals surface area contributed by atoms with Gasteiger partial charge in [0.05, 0.1) is 24.3 Å². The predicted molar refractivity (Wildman–Crippen MR) is 123 cm³/mol. The first kappa shape index (κ1) is 25.7. The monoisotopic (exact) mass is 489 g/mol. The number of imidazole rings is 1. The number of benzene rings is 1. The van der Waals surface area contributed by atoms with Gasteiger partial charge in [-0.25, -0.2) is 9.97 Å². The molecule has 0 aliphatic heterocycles. The summed E-state index contributed by atoms with van der Waals surface area (Å²) in [4.78, 5) is 30.4. The lowest BCUT2D eigenvalue weighted by Crippen LogP contribution is -2.27. The molecule has 1 amide bonds. The fourth-order valence-electron chi connectivity index (χ4n) is 3.40. The van der Waals surface area contributed by atoms with Crippen LogP contribution in [-0.2, 0) is 11.0 Å². The number of carbonyl (C=O) groups is 2. The number of rotatable bonds is 8. The molecule has 0 bridgehead atoms. The lowest BCUT2D eigenvalue weighted by Gasteiger charge is -2.33. The van der Waals surface area contributed by atoms with E-state index in [2.05, 4.69) is 20.6 Å². The number of aromatic nitrogens is 3. The van der Waals surface area contributed by atoms with E-state index in [4.69, 9.17) is 5.11 Å². The minimum Gasteiger partial charge on any atom is -0.481 e. The minimum absolute atomic E-state index is 0.0433. The number of nitrogens with one attached hydrogen (secondary N) is 2. The van der Waals surface area contributed by atoms with Gasteiger partial charge in [-0.3, -0.25) is 14.2 Å². The van der Waals surface area contributed by atoms with Gasteiger partial charge in [0.1, 0.15) is 12.1 Å². The van der Waals surface area contributed by atoms with E-state index in [0.717, 1.165) is 18.1 Å². The van der Waals surface area contributed by atoms with Gasteiger partial charge in [-0.2, -0.15) is 13.2 Å². The summed E-state index contributed by atoms with van der Waals surface area (Å²) < 4.78 is 39.6. The van der Waals surface area contributed by atoms with Crippen molar-refractivity contribution in [1.82, 2.24) is 19.9 Å². The zero-order valence-corrected chi connectivity index (χ0v) is 19.4. The summed E-state index contributed by atoms with van der Waals surface area (Å²) in [5, 5.41) is 14.7. The summed E-state index contributed by atoms with van der Waals surface area (Å²) in [5.74, 6) is -1.05. The Balaban J connectivity index is 1.73. The van der Waals surface area contributed by atoms with Crippen molar-refractivity contribution in [3.63, 3.8) is 0 Å². The first-order valence-electron chi connectivity index (χ1n) is 10.8. The van der Waals surface area contributed by atoms with Crippen molar-refractivity contribution in [2.75, 3.05) is 11.9 Å². The van der Waals surface area contributed by atoms with Crippen LogP contribution in [0.3, 0.4) is 0 Å². The number of anilines is 1. The Morgan fingerprint density at radius 3 is 2.26 bits per heavy atom. The molecule has 0 spiro atoms. The van der Waals surface area contributed by atoms with E-state index in [0.29, 0.717) is 17.1 Å². The summed E-state index contributed by atoms with van der Waals surface area (Å²) >= 11 is 0. The number of hydrogen-bond acceptors (Lipinski definition) is 5. The average molecular weight is 489 g/mol. The zero-order valence-electron chi connectivity index (χ0n) is 19.4. The van der Waals surface area contributed by atoms with Gasteiger partial charge < -0.3 is 15.7 Å². The SMILES string of the molecule is CC(C)(C)[C@@H](Nc1ccc(-n2cnc(C(F)(F)F)c2)nc1)c1ccc(C(=O)NCCC(=O)O)cc1. The topological polar surface area (TPSA) is 109 Å². The van der Waals surface area contributed by atoms with Crippen molar-refractivity contribution in [2.24, 2.45) is 5.41 Å². The first-order chi connectivity index (χ1) is 16.3. The second-order valence-corrected chi connectivity index (χ2v) is 9.03. The number of pyridine rings is 1. The molecule has 2 heterocycles. The number of carboxylic acids is 1. The van der Waals surface area contributed by atoms with Crippen LogP contribution < -0.4 is 10.6 Å². The molecule has 3 rings (SSSR count). The van der Waals surface area contributed by atoms with E-state index in [-0.39, 0.29) is 30.3 Å². The van der Waals surface area contributed by atoms with Crippen LogP contribution >= 0.6 is 0 Å². The Labute approximate surface area is 200 Å². The normalized spacial score (nSPS) is 12.7. The second kappa shape index (κ2) is 10.2. The molecular formula is C24H26F3N5O3. The molecule has 35 heavy (non-hydrogen) atoms. The standard InChI is InChI=1S/C24H26F3N5O3/c1-23(2,3)21(15-4-6-16(7-5-15)22(35)28-11-10-20(33)34)31-17-8-9-19(29-12-17)32-13-18(30-14-32)24(25,26)27/h4-9,12-14,21,31H,10-11H2,1-3H3,(H,28,35)(H,33,34)/t21-/m0/s1. The van der Waals surface area contributed by atoms with Gasteiger partial charge in [-0.1, -0.05) is 32.9 Å². The lowest BCUT2D eigenvalue weighted by atomic mass is 9.82. The fourth-order valence-corrected chi connectivity index (χ4v) is 3.40. The summed E-state index contributed by atoms with van der Waals surface area (Å²) in [6, 6.07) is 10.1. The van der Waals surface area contributed by atoms with Crippen LogP contribution in [0.5, 0.6) is 0 Å². The molecule has 8 nitrogen and oxygen atoms in total.